The number of rotatable bonds is 2. The van der Waals surface area contributed by atoms with Crippen molar-refractivity contribution in [2.24, 2.45) is 0 Å². The van der Waals surface area contributed by atoms with Crippen LogP contribution in [-0.4, -0.2) is 9.78 Å². The molecule has 1 aromatic heterocycles. The first kappa shape index (κ1) is 9.89. The van der Waals surface area contributed by atoms with Gasteiger partial charge in [0.05, 0.1) is 5.69 Å². The molecule has 0 atom stereocenters. The largest absolute Gasteiger partial charge is 0.238 e. The lowest BCUT2D eigenvalue weighted by atomic mass is 10.1. The molecule has 88 valence electrons. The Morgan fingerprint density at radius 3 is 2.61 bits per heavy atom. The molecule has 0 amide bonds. The van der Waals surface area contributed by atoms with Crippen molar-refractivity contribution in [1.82, 2.24) is 9.78 Å². The summed E-state index contributed by atoms with van der Waals surface area (Å²) in [6.07, 6.45) is 4.52. The van der Waals surface area contributed by atoms with Crippen LogP contribution in [0.1, 0.15) is 24.5 Å². The third-order valence-electron chi connectivity index (χ3n) is 3.65. The van der Waals surface area contributed by atoms with E-state index in [1.165, 1.54) is 35.0 Å². The molecule has 1 saturated carbocycles. The molecular formula is C16H14N2. The fourth-order valence-electron chi connectivity index (χ4n) is 2.53. The molecule has 1 fully saturated rings. The van der Waals surface area contributed by atoms with Crippen molar-refractivity contribution in [3.63, 3.8) is 0 Å². The van der Waals surface area contributed by atoms with Crippen LogP contribution in [0.4, 0.5) is 0 Å². The van der Waals surface area contributed by atoms with Gasteiger partial charge >= 0.3 is 0 Å². The minimum atomic E-state index is 0.721. The summed E-state index contributed by atoms with van der Waals surface area (Å²) in [5, 5.41) is 7.02. The third-order valence-corrected chi connectivity index (χ3v) is 3.65. The summed E-state index contributed by atoms with van der Waals surface area (Å²) in [5.41, 5.74) is 2.52. The minimum absolute atomic E-state index is 0.721. The van der Waals surface area contributed by atoms with E-state index in [0.29, 0.717) is 0 Å². The van der Waals surface area contributed by atoms with Crippen LogP contribution in [0.15, 0.2) is 54.7 Å². The molecule has 0 spiro atoms. The van der Waals surface area contributed by atoms with E-state index in [9.17, 15) is 0 Å². The first-order valence-corrected chi connectivity index (χ1v) is 6.45. The maximum atomic E-state index is 4.47. The van der Waals surface area contributed by atoms with Gasteiger partial charge in [-0.2, -0.15) is 5.10 Å². The van der Waals surface area contributed by atoms with Gasteiger partial charge < -0.3 is 0 Å². The summed E-state index contributed by atoms with van der Waals surface area (Å²) < 4.78 is 2.09. The van der Waals surface area contributed by atoms with Crippen LogP contribution in [0.25, 0.3) is 16.5 Å². The standard InChI is InChI=1S/C16H14N2/c1-2-4-14-11-15(8-7-12(14)3-1)18-16(9-10-17-18)13-5-6-13/h1-4,7-11,13H,5-6H2. The predicted octanol–water partition coefficient (Wildman–Crippen LogP) is 3.90. The zero-order valence-electron chi connectivity index (χ0n) is 10.1. The molecule has 3 aromatic rings. The Kier molecular flexibility index (Phi) is 2.04. The second kappa shape index (κ2) is 3.70. The number of aromatic nitrogens is 2. The normalized spacial score (nSPS) is 15.1. The fraction of sp³-hybridized carbons (Fsp3) is 0.188. The van der Waals surface area contributed by atoms with Crippen molar-refractivity contribution < 1.29 is 0 Å². The van der Waals surface area contributed by atoms with Gasteiger partial charge in [0.25, 0.3) is 0 Å². The molecule has 1 aliphatic rings. The molecule has 4 rings (SSSR count). The summed E-state index contributed by atoms with van der Waals surface area (Å²) in [5.74, 6) is 0.721. The number of nitrogens with zero attached hydrogens (tertiary/aromatic N) is 2. The minimum Gasteiger partial charge on any atom is -0.238 e. The molecular weight excluding hydrogens is 220 g/mol. The van der Waals surface area contributed by atoms with E-state index in [1.807, 2.05) is 6.20 Å². The molecule has 0 radical (unpaired) electrons. The fourth-order valence-corrected chi connectivity index (χ4v) is 2.53. The summed E-state index contributed by atoms with van der Waals surface area (Å²) in [7, 11) is 0. The van der Waals surface area contributed by atoms with E-state index in [2.05, 4.69) is 58.3 Å². The third kappa shape index (κ3) is 1.53. The SMILES string of the molecule is c1ccc2cc(-n3nccc3C3CC3)ccc2c1. The molecule has 0 saturated heterocycles. The van der Waals surface area contributed by atoms with Crippen molar-refractivity contribution in [2.75, 3.05) is 0 Å². The highest BCUT2D eigenvalue weighted by molar-refractivity contribution is 5.84. The quantitative estimate of drug-likeness (QED) is 0.657. The van der Waals surface area contributed by atoms with Crippen LogP contribution >= 0.6 is 0 Å². The monoisotopic (exact) mass is 234 g/mol. The van der Waals surface area contributed by atoms with Crippen molar-refractivity contribution in [3.8, 4) is 5.69 Å². The molecule has 2 heteroatoms. The van der Waals surface area contributed by atoms with E-state index in [-0.39, 0.29) is 0 Å². The molecule has 0 aliphatic heterocycles. The number of hydrogen-bond donors (Lipinski definition) is 0. The average molecular weight is 234 g/mol. The molecule has 0 bridgehead atoms. The Bertz CT molecular complexity index is 708. The van der Waals surface area contributed by atoms with E-state index < -0.39 is 0 Å². The maximum Gasteiger partial charge on any atom is 0.0655 e. The average Bonchev–Trinajstić information content (AvgIpc) is 3.16. The molecule has 2 aromatic carbocycles. The zero-order chi connectivity index (χ0) is 11.9. The van der Waals surface area contributed by atoms with E-state index in [4.69, 9.17) is 0 Å². The highest BCUT2D eigenvalue weighted by Gasteiger charge is 2.27. The van der Waals surface area contributed by atoms with Crippen LogP contribution in [-0.2, 0) is 0 Å². The summed E-state index contributed by atoms with van der Waals surface area (Å²) in [6.45, 7) is 0. The topological polar surface area (TPSA) is 17.8 Å². The van der Waals surface area contributed by atoms with E-state index in [1.54, 1.807) is 0 Å². The molecule has 1 heterocycles. The summed E-state index contributed by atoms with van der Waals surface area (Å²) in [4.78, 5) is 0. The summed E-state index contributed by atoms with van der Waals surface area (Å²) in [6, 6.07) is 17.1. The van der Waals surface area contributed by atoms with Gasteiger partial charge in [-0.25, -0.2) is 4.68 Å². The Morgan fingerprint density at radius 2 is 1.78 bits per heavy atom. The van der Waals surface area contributed by atoms with Gasteiger partial charge in [-0.15, -0.1) is 0 Å². The van der Waals surface area contributed by atoms with Crippen molar-refractivity contribution in [1.29, 1.82) is 0 Å². The van der Waals surface area contributed by atoms with Gasteiger partial charge in [-0.1, -0.05) is 30.3 Å². The lowest BCUT2D eigenvalue weighted by Gasteiger charge is -2.07. The van der Waals surface area contributed by atoms with E-state index in [0.717, 1.165) is 5.92 Å². The summed E-state index contributed by atoms with van der Waals surface area (Å²) >= 11 is 0. The number of benzene rings is 2. The molecule has 1 aliphatic carbocycles. The van der Waals surface area contributed by atoms with Gasteiger partial charge in [0.1, 0.15) is 0 Å². The van der Waals surface area contributed by atoms with Crippen LogP contribution in [0.3, 0.4) is 0 Å². The van der Waals surface area contributed by atoms with Gasteiger partial charge in [-0.3, -0.25) is 0 Å². The van der Waals surface area contributed by atoms with Gasteiger partial charge in [0, 0.05) is 17.8 Å². The number of hydrogen-bond acceptors (Lipinski definition) is 1. The Balaban J connectivity index is 1.88. The van der Waals surface area contributed by atoms with Crippen LogP contribution < -0.4 is 0 Å². The molecule has 2 nitrogen and oxygen atoms in total. The first-order chi connectivity index (χ1) is 8.92. The van der Waals surface area contributed by atoms with Gasteiger partial charge in [-0.05, 0) is 41.8 Å². The van der Waals surface area contributed by atoms with Gasteiger partial charge in [0.2, 0.25) is 0 Å². The lowest BCUT2D eigenvalue weighted by Crippen LogP contribution is -2.00. The zero-order valence-corrected chi connectivity index (χ0v) is 10.1. The van der Waals surface area contributed by atoms with Crippen molar-refractivity contribution in [3.05, 3.63) is 60.4 Å². The van der Waals surface area contributed by atoms with Crippen LogP contribution in [0, 0.1) is 0 Å². The highest BCUT2D eigenvalue weighted by Crippen LogP contribution is 2.40. The number of fused-ring (bicyclic) bond motifs is 1. The Morgan fingerprint density at radius 1 is 0.944 bits per heavy atom. The van der Waals surface area contributed by atoms with Gasteiger partial charge in [0.15, 0.2) is 0 Å². The van der Waals surface area contributed by atoms with E-state index >= 15 is 0 Å². The first-order valence-electron chi connectivity index (χ1n) is 6.45. The van der Waals surface area contributed by atoms with Crippen LogP contribution in [0.2, 0.25) is 0 Å². The highest BCUT2D eigenvalue weighted by atomic mass is 15.3. The second-order valence-electron chi connectivity index (χ2n) is 4.97. The molecule has 0 unspecified atom stereocenters. The Hall–Kier alpha value is -2.09. The Labute approximate surface area is 106 Å². The molecule has 0 N–H and O–H groups in total. The smallest absolute Gasteiger partial charge is 0.0655 e. The molecule has 18 heavy (non-hydrogen) atoms. The maximum absolute atomic E-state index is 4.47. The van der Waals surface area contributed by atoms with Crippen molar-refractivity contribution >= 4 is 10.8 Å². The second-order valence-corrected chi connectivity index (χ2v) is 4.97. The van der Waals surface area contributed by atoms with Crippen LogP contribution in [0.5, 0.6) is 0 Å². The van der Waals surface area contributed by atoms with Crippen molar-refractivity contribution in [2.45, 2.75) is 18.8 Å². The lowest BCUT2D eigenvalue weighted by molar-refractivity contribution is 0.809. The predicted molar refractivity (Wildman–Crippen MR) is 73.0 cm³/mol.